The zero-order valence-corrected chi connectivity index (χ0v) is 16.0. The second-order valence-electron chi connectivity index (χ2n) is 6.76. The summed E-state index contributed by atoms with van der Waals surface area (Å²) in [5.74, 6) is 6.22. The van der Waals surface area contributed by atoms with E-state index in [-0.39, 0.29) is 30.0 Å². The number of nitrogens with one attached hydrogen (secondary N) is 1. The highest BCUT2D eigenvalue weighted by Crippen LogP contribution is 2.17. The first kappa shape index (κ1) is 19.0. The second-order valence-corrected chi connectivity index (χ2v) is 8.99. The maximum Gasteiger partial charge on any atom is 0.321 e. The predicted octanol–water partition coefficient (Wildman–Crippen LogP) is 2.98. The van der Waals surface area contributed by atoms with Crippen LogP contribution >= 0.6 is 0 Å². The summed E-state index contributed by atoms with van der Waals surface area (Å²) < 4.78 is 23.8. The van der Waals surface area contributed by atoms with Crippen LogP contribution in [0.5, 0.6) is 0 Å². The van der Waals surface area contributed by atoms with Gasteiger partial charge in [0.05, 0.1) is 17.2 Å². The van der Waals surface area contributed by atoms with Crippen molar-refractivity contribution in [3.05, 3.63) is 65.7 Å². The topological polar surface area (TPSA) is 66.5 Å². The van der Waals surface area contributed by atoms with E-state index in [0.29, 0.717) is 17.8 Å². The first-order valence-electron chi connectivity index (χ1n) is 8.85. The molecular formula is C21H22N2O3S. The molecule has 3 rings (SSSR count). The molecule has 1 aliphatic rings. The first-order chi connectivity index (χ1) is 12.9. The van der Waals surface area contributed by atoms with Crippen molar-refractivity contribution in [3.63, 3.8) is 0 Å². The van der Waals surface area contributed by atoms with E-state index >= 15 is 0 Å². The number of anilines is 1. The Bertz CT molecular complexity index is 975. The molecule has 0 saturated carbocycles. The van der Waals surface area contributed by atoms with Crippen LogP contribution in [0.25, 0.3) is 0 Å². The van der Waals surface area contributed by atoms with Gasteiger partial charge in [-0.25, -0.2) is 13.2 Å². The molecule has 1 unspecified atom stereocenters. The van der Waals surface area contributed by atoms with Crippen LogP contribution in [0.1, 0.15) is 18.1 Å². The molecule has 1 heterocycles. The largest absolute Gasteiger partial charge is 0.323 e. The molecule has 0 bridgehead atoms. The van der Waals surface area contributed by atoms with Gasteiger partial charge in [0.15, 0.2) is 9.84 Å². The van der Waals surface area contributed by atoms with Gasteiger partial charge in [0.25, 0.3) is 0 Å². The fourth-order valence-electron chi connectivity index (χ4n) is 3.03. The molecule has 6 heteroatoms. The minimum absolute atomic E-state index is 0.000218. The van der Waals surface area contributed by atoms with Gasteiger partial charge in [-0.2, -0.15) is 0 Å². The number of hydrogen-bond acceptors (Lipinski definition) is 3. The third kappa shape index (κ3) is 5.35. The molecule has 1 aliphatic heterocycles. The first-order valence-corrected chi connectivity index (χ1v) is 10.7. The van der Waals surface area contributed by atoms with Crippen molar-refractivity contribution in [2.75, 3.05) is 29.9 Å². The molecule has 1 fully saturated rings. The van der Waals surface area contributed by atoms with Crippen LogP contribution in [-0.4, -0.2) is 43.9 Å². The number of benzene rings is 2. The van der Waals surface area contributed by atoms with E-state index in [1.54, 1.807) is 11.0 Å². The predicted molar refractivity (Wildman–Crippen MR) is 107 cm³/mol. The highest BCUT2D eigenvalue weighted by atomic mass is 32.2. The quantitative estimate of drug-likeness (QED) is 0.771. The third-order valence-corrected chi connectivity index (χ3v) is 6.20. The number of sulfone groups is 1. The monoisotopic (exact) mass is 382 g/mol. The van der Waals surface area contributed by atoms with E-state index in [0.717, 1.165) is 5.56 Å². The number of carbonyl (C=O) groups is 1. The zero-order valence-electron chi connectivity index (χ0n) is 15.2. The molecule has 1 N–H and O–H groups in total. The fraction of sp³-hybridized carbons (Fsp3) is 0.286. The molecule has 2 amide bonds. The van der Waals surface area contributed by atoms with Gasteiger partial charge in [0.1, 0.15) is 0 Å². The smallest absolute Gasteiger partial charge is 0.321 e. The molecule has 1 atom stereocenters. The summed E-state index contributed by atoms with van der Waals surface area (Å²) in [5, 5.41) is 2.88. The molecule has 27 heavy (non-hydrogen) atoms. The average molecular weight is 382 g/mol. The summed E-state index contributed by atoms with van der Waals surface area (Å²) in [6.45, 7) is 2.47. The van der Waals surface area contributed by atoms with Crippen molar-refractivity contribution in [1.29, 1.82) is 0 Å². The molecule has 1 saturated heterocycles. The van der Waals surface area contributed by atoms with Gasteiger partial charge < -0.3 is 10.2 Å². The number of carbonyl (C=O) groups excluding carboxylic acids is 1. The Balaban J connectivity index is 1.76. The fourth-order valence-corrected chi connectivity index (χ4v) is 4.66. The number of nitrogens with zero attached hydrogens (tertiary/aromatic N) is 1. The van der Waals surface area contributed by atoms with Crippen LogP contribution < -0.4 is 5.32 Å². The van der Waals surface area contributed by atoms with E-state index in [2.05, 4.69) is 17.2 Å². The summed E-state index contributed by atoms with van der Waals surface area (Å²) in [6.07, 6.45) is 0. The van der Waals surface area contributed by atoms with Crippen LogP contribution in [-0.2, 0) is 9.84 Å². The number of para-hydroxylation sites is 1. The van der Waals surface area contributed by atoms with Gasteiger partial charge in [-0.15, -0.1) is 0 Å². The maximum atomic E-state index is 12.7. The highest BCUT2D eigenvalue weighted by Gasteiger charge is 2.27. The van der Waals surface area contributed by atoms with Gasteiger partial charge in [0.2, 0.25) is 0 Å². The molecule has 2 aromatic rings. The lowest BCUT2D eigenvalue weighted by atomic mass is 10.1. The third-order valence-electron chi connectivity index (χ3n) is 4.31. The summed E-state index contributed by atoms with van der Waals surface area (Å²) in [7, 11) is -3.10. The van der Waals surface area contributed by atoms with E-state index in [4.69, 9.17) is 0 Å². The van der Waals surface area contributed by atoms with E-state index < -0.39 is 9.84 Å². The van der Waals surface area contributed by atoms with Crippen LogP contribution in [0, 0.1) is 17.8 Å². The normalized spacial score (nSPS) is 18.7. The summed E-state index contributed by atoms with van der Waals surface area (Å²) in [4.78, 5) is 14.2. The lowest BCUT2D eigenvalue weighted by Gasteiger charge is -2.22. The Morgan fingerprint density at radius 2 is 1.78 bits per heavy atom. The van der Waals surface area contributed by atoms with Crippen molar-refractivity contribution in [3.8, 4) is 11.8 Å². The minimum atomic E-state index is -3.10. The second kappa shape index (κ2) is 8.28. The number of amides is 2. The lowest BCUT2D eigenvalue weighted by molar-refractivity contribution is 0.210. The number of rotatable bonds is 1. The maximum absolute atomic E-state index is 12.7. The van der Waals surface area contributed by atoms with Gasteiger partial charge >= 0.3 is 6.03 Å². The lowest BCUT2D eigenvalue weighted by Crippen LogP contribution is -2.38. The Morgan fingerprint density at radius 3 is 2.56 bits per heavy atom. The van der Waals surface area contributed by atoms with E-state index in [1.807, 2.05) is 55.5 Å². The van der Waals surface area contributed by atoms with Gasteiger partial charge in [-0.1, -0.05) is 49.1 Å². The molecule has 0 radical (unpaired) electrons. The van der Waals surface area contributed by atoms with Crippen molar-refractivity contribution in [2.45, 2.75) is 6.92 Å². The zero-order chi connectivity index (χ0) is 19.3. The Labute approximate surface area is 160 Å². The standard InChI is InChI=1S/C21H22N2O3S/c1-17-15-23(13-14-27(25,26)16-17)21(24)22-20-10-6-5-9-19(20)12-11-18-7-3-2-4-8-18/h2-10,17H,13-16H2,1H3,(H,22,24). The van der Waals surface area contributed by atoms with Crippen LogP contribution in [0.4, 0.5) is 10.5 Å². The molecule has 5 nitrogen and oxygen atoms in total. The minimum Gasteiger partial charge on any atom is -0.323 e. The summed E-state index contributed by atoms with van der Waals surface area (Å²) in [6, 6.07) is 16.7. The van der Waals surface area contributed by atoms with Crippen LogP contribution in [0.15, 0.2) is 54.6 Å². The van der Waals surface area contributed by atoms with Gasteiger partial charge in [-0.3, -0.25) is 0 Å². The molecule has 0 spiro atoms. The Kier molecular flexibility index (Phi) is 5.82. The van der Waals surface area contributed by atoms with E-state index in [1.165, 1.54) is 0 Å². The van der Waals surface area contributed by atoms with E-state index in [9.17, 15) is 13.2 Å². The summed E-state index contributed by atoms with van der Waals surface area (Å²) in [5.41, 5.74) is 2.22. The van der Waals surface area contributed by atoms with Crippen molar-refractivity contribution in [1.82, 2.24) is 4.90 Å². The Hall–Kier alpha value is -2.78. The van der Waals surface area contributed by atoms with Crippen LogP contribution in [0.2, 0.25) is 0 Å². The summed E-state index contributed by atoms with van der Waals surface area (Å²) >= 11 is 0. The molecule has 2 aromatic carbocycles. The number of hydrogen-bond donors (Lipinski definition) is 1. The highest BCUT2D eigenvalue weighted by molar-refractivity contribution is 7.91. The molecular weight excluding hydrogens is 360 g/mol. The molecule has 0 aliphatic carbocycles. The average Bonchev–Trinajstić information content (AvgIpc) is 2.78. The van der Waals surface area contributed by atoms with Gasteiger partial charge in [0, 0.05) is 24.2 Å². The SMILES string of the molecule is CC1CN(C(=O)Nc2ccccc2C#Cc2ccccc2)CCS(=O)(=O)C1. The molecule has 140 valence electrons. The van der Waals surface area contributed by atoms with Crippen molar-refractivity contribution < 1.29 is 13.2 Å². The molecule has 0 aromatic heterocycles. The van der Waals surface area contributed by atoms with Gasteiger partial charge in [-0.05, 0) is 30.2 Å². The van der Waals surface area contributed by atoms with Crippen molar-refractivity contribution in [2.24, 2.45) is 5.92 Å². The van der Waals surface area contributed by atoms with Crippen molar-refractivity contribution >= 4 is 21.6 Å². The van der Waals surface area contributed by atoms with Crippen LogP contribution in [0.3, 0.4) is 0 Å². The number of urea groups is 1. The Morgan fingerprint density at radius 1 is 1.07 bits per heavy atom.